The van der Waals surface area contributed by atoms with Crippen LogP contribution in [0.5, 0.6) is 5.88 Å². The Hall–Kier alpha value is -1.92. The van der Waals surface area contributed by atoms with Crippen LogP contribution in [0.1, 0.15) is 35.6 Å². The maximum atomic E-state index is 5.48. The molecule has 2 aromatic rings. The van der Waals surface area contributed by atoms with Crippen molar-refractivity contribution >= 4 is 0 Å². The molecule has 1 aliphatic carbocycles. The van der Waals surface area contributed by atoms with Crippen LogP contribution in [-0.2, 0) is 24.4 Å². The Morgan fingerprint density at radius 1 is 1.28 bits per heavy atom. The minimum Gasteiger partial charge on any atom is -0.481 e. The summed E-state index contributed by atoms with van der Waals surface area (Å²) in [6.45, 7) is 4.49. The number of fused-ring (bicyclic) bond motifs is 1. The zero-order valence-electron chi connectivity index (χ0n) is 15.0. The largest absolute Gasteiger partial charge is 0.481 e. The van der Waals surface area contributed by atoms with Crippen LogP contribution in [0, 0.1) is 5.92 Å². The molecule has 0 radical (unpaired) electrons. The number of rotatable bonds is 7. The Kier molecular flexibility index (Phi) is 4.72. The molecule has 1 atom stereocenters. The summed E-state index contributed by atoms with van der Waals surface area (Å²) in [7, 11) is 3.45. The molecular formula is C19H26N4O2. The van der Waals surface area contributed by atoms with Gasteiger partial charge in [-0.15, -0.1) is 0 Å². The van der Waals surface area contributed by atoms with Gasteiger partial charge in [-0.2, -0.15) is 5.10 Å². The van der Waals surface area contributed by atoms with Crippen molar-refractivity contribution in [1.82, 2.24) is 19.7 Å². The van der Waals surface area contributed by atoms with Gasteiger partial charge in [0.15, 0.2) is 0 Å². The normalized spacial score (nSPS) is 20.5. The summed E-state index contributed by atoms with van der Waals surface area (Å²) < 4.78 is 13.1. The van der Waals surface area contributed by atoms with Crippen molar-refractivity contribution in [1.29, 1.82) is 0 Å². The number of aromatic nitrogens is 3. The van der Waals surface area contributed by atoms with Gasteiger partial charge in [-0.1, -0.05) is 6.07 Å². The summed E-state index contributed by atoms with van der Waals surface area (Å²) >= 11 is 0. The van der Waals surface area contributed by atoms with Crippen molar-refractivity contribution < 1.29 is 9.47 Å². The highest BCUT2D eigenvalue weighted by atomic mass is 16.5. The third-order valence-electron chi connectivity index (χ3n) is 5.21. The number of hydrogen-bond donors (Lipinski definition) is 0. The minimum absolute atomic E-state index is 0.365. The molecule has 2 aromatic heterocycles. The molecule has 1 unspecified atom stereocenters. The summed E-state index contributed by atoms with van der Waals surface area (Å²) in [5.41, 5.74) is 3.83. The average molecular weight is 342 g/mol. The van der Waals surface area contributed by atoms with Gasteiger partial charge in [-0.25, -0.2) is 4.98 Å². The average Bonchev–Trinajstić information content (AvgIpc) is 3.35. The van der Waals surface area contributed by atoms with Crippen molar-refractivity contribution in [2.75, 3.05) is 27.4 Å². The lowest BCUT2D eigenvalue weighted by molar-refractivity contribution is 0.133. The maximum absolute atomic E-state index is 5.48. The molecule has 25 heavy (non-hydrogen) atoms. The Morgan fingerprint density at radius 3 is 2.92 bits per heavy atom. The standard InChI is InChI=1S/C19H26N4O2/c1-24-13-16-11-22(10-15-4-3-7-20-19(15)25-2)12-18-17(16)8-21-23(18)9-14-5-6-14/h3-4,7-8,14,16H,5-6,9-13H2,1-2H3. The van der Waals surface area contributed by atoms with E-state index in [1.165, 1.54) is 24.1 Å². The number of pyridine rings is 1. The van der Waals surface area contributed by atoms with E-state index < -0.39 is 0 Å². The summed E-state index contributed by atoms with van der Waals surface area (Å²) in [6.07, 6.45) is 6.51. The fraction of sp³-hybridized carbons (Fsp3) is 0.579. The molecule has 4 rings (SSSR count). The Balaban J connectivity index is 1.57. The van der Waals surface area contributed by atoms with Crippen molar-refractivity contribution in [3.63, 3.8) is 0 Å². The third-order valence-corrected chi connectivity index (χ3v) is 5.21. The van der Waals surface area contributed by atoms with Crippen molar-refractivity contribution in [2.45, 2.75) is 38.4 Å². The highest BCUT2D eigenvalue weighted by molar-refractivity contribution is 5.29. The second-order valence-electron chi connectivity index (χ2n) is 7.17. The van der Waals surface area contributed by atoms with Crippen LogP contribution >= 0.6 is 0 Å². The molecule has 6 heteroatoms. The third kappa shape index (κ3) is 3.55. The first-order valence-electron chi connectivity index (χ1n) is 9.02. The molecule has 0 aromatic carbocycles. The fourth-order valence-electron chi connectivity index (χ4n) is 3.76. The summed E-state index contributed by atoms with van der Waals surface area (Å²) in [5.74, 6) is 1.89. The molecular weight excluding hydrogens is 316 g/mol. The summed E-state index contributed by atoms with van der Waals surface area (Å²) in [4.78, 5) is 6.78. The molecule has 6 nitrogen and oxygen atoms in total. The van der Waals surface area contributed by atoms with Crippen LogP contribution in [0.3, 0.4) is 0 Å². The van der Waals surface area contributed by atoms with Crippen LogP contribution in [0.15, 0.2) is 24.5 Å². The van der Waals surface area contributed by atoms with E-state index in [1.807, 2.05) is 6.07 Å². The van der Waals surface area contributed by atoms with Gasteiger partial charge in [0.05, 0.1) is 25.6 Å². The molecule has 0 amide bonds. The second kappa shape index (κ2) is 7.14. The predicted molar refractivity (Wildman–Crippen MR) is 94.5 cm³/mol. The summed E-state index contributed by atoms with van der Waals surface area (Å²) in [6, 6.07) is 4.06. The predicted octanol–water partition coefficient (Wildman–Crippen LogP) is 2.44. The molecule has 0 bridgehead atoms. The fourth-order valence-corrected chi connectivity index (χ4v) is 3.76. The van der Waals surface area contributed by atoms with Crippen LogP contribution in [0.25, 0.3) is 0 Å². The van der Waals surface area contributed by atoms with Crippen molar-refractivity contribution in [3.05, 3.63) is 41.3 Å². The van der Waals surface area contributed by atoms with E-state index in [0.29, 0.717) is 11.8 Å². The zero-order valence-corrected chi connectivity index (χ0v) is 15.0. The van der Waals surface area contributed by atoms with Crippen LogP contribution in [-0.4, -0.2) is 47.0 Å². The maximum Gasteiger partial charge on any atom is 0.217 e. The Bertz CT molecular complexity index is 726. The molecule has 0 N–H and O–H groups in total. The molecule has 134 valence electrons. The lowest BCUT2D eigenvalue weighted by Crippen LogP contribution is -2.35. The van der Waals surface area contributed by atoms with E-state index in [0.717, 1.165) is 44.3 Å². The first kappa shape index (κ1) is 16.5. The van der Waals surface area contributed by atoms with Crippen LogP contribution in [0.2, 0.25) is 0 Å². The van der Waals surface area contributed by atoms with E-state index in [-0.39, 0.29) is 0 Å². The number of methoxy groups -OCH3 is 2. The molecule has 0 spiro atoms. The van der Waals surface area contributed by atoms with E-state index in [4.69, 9.17) is 9.47 Å². The molecule has 0 saturated heterocycles. The van der Waals surface area contributed by atoms with Crippen molar-refractivity contribution in [2.24, 2.45) is 5.92 Å². The monoisotopic (exact) mass is 342 g/mol. The van der Waals surface area contributed by atoms with Crippen LogP contribution in [0.4, 0.5) is 0 Å². The van der Waals surface area contributed by atoms with E-state index >= 15 is 0 Å². The quantitative estimate of drug-likeness (QED) is 0.774. The first-order valence-corrected chi connectivity index (χ1v) is 9.02. The molecule has 1 fully saturated rings. The van der Waals surface area contributed by atoms with E-state index in [1.54, 1.807) is 20.4 Å². The smallest absolute Gasteiger partial charge is 0.217 e. The van der Waals surface area contributed by atoms with Gasteiger partial charge in [-0.05, 0) is 24.8 Å². The molecule has 1 saturated carbocycles. The highest BCUT2D eigenvalue weighted by Gasteiger charge is 2.31. The van der Waals surface area contributed by atoms with Gasteiger partial charge in [0.1, 0.15) is 0 Å². The topological polar surface area (TPSA) is 52.4 Å². The second-order valence-corrected chi connectivity index (χ2v) is 7.17. The lowest BCUT2D eigenvalue weighted by atomic mass is 9.95. The SMILES string of the molecule is COCC1CN(Cc2cccnc2OC)Cc2c1cnn2CC1CC1. The Morgan fingerprint density at radius 2 is 2.16 bits per heavy atom. The van der Waals surface area contributed by atoms with Gasteiger partial charge in [0.25, 0.3) is 0 Å². The van der Waals surface area contributed by atoms with Crippen LogP contribution < -0.4 is 4.74 Å². The van der Waals surface area contributed by atoms with Gasteiger partial charge in [0, 0.05) is 56.5 Å². The molecule has 1 aliphatic heterocycles. The summed E-state index contributed by atoms with van der Waals surface area (Å²) in [5, 5.41) is 4.68. The lowest BCUT2D eigenvalue weighted by Gasteiger charge is -2.33. The highest BCUT2D eigenvalue weighted by Crippen LogP contribution is 2.34. The first-order chi connectivity index (χ1) is 12.3. The van der Waals surface area contributed by atoms with Gasteiger partial charge in [-0.3, -0.25) is 9.58 Å². The number of nitrogens with zero attached hydrogens (tertiary/aromatic N) is 4. The van der Waals surface area contributed by atoms with E-state index in [2.05, 4.69) is 31.9 Å². The number of hydrogen-bond acceptors (Lipinski definition) is 5. The van der Waals surface area contributed by atoms with Gasteiger partial charge < -0.3 is 9.47 Å². The Labute approximate surface area is 148 Å². The number of ether oxygens (including phenoxy) is 2. The minimum atomic E-state index is 0.365. The molecule has 2 aliphatic rings. The van der Waals surface area contributed by atoms with E-state index in [9.17, 15) is 0 Å². The zero-order chi connectivity index (χ0) is 17.2. The molecule has 3 heterocycles. The van der Waals surface area contributed by atoms with Gasteiger partial charge in [0.2, 0.25) is 5.88 Å². The van der Waals surface area contributed by atoms with Crippen molar-refractivity contribution in [3.8, 4) is 5.88 Å². The van der Waals surface area contributed by atoms with Gasteiger partial charge >= 0.3 is 0 Å².